The number of anilines is 2. The molecule has 0 radical (unpaired) electrons. The van der Waals surface area contributed by atoms with Gasteiger partial charge in [0.05, 0.1) is 18.7 Å². The second-order valence-electron chi connectivity index (χ2n) is 10.9. The standard InChI is InChI=1S/C29H36F6N4O2.CO2/c1-3-6-19-12-15-38(16-13-19)25-18-26(37-27(36-25)29(33,34)35)39-14-5-8-22(39)23(40)9-4-7-20-10-11-21(28(30,31)32)17-24(20)41-2;2-1-3/h10-11,17-19,22H,3-9,12-16H2,1-2H3;/t22-;/m0./s1. The zero-order valence-corrected chi connectivity index (χ0v) is 24.6. The molecule has 242 valence electrons. The summed E-state index contributed by atoms with van der Waals surface area (Å²) in [5.41, 5.74) is -0.266. The van der Waals surface area contributed by atoms with Gasteiger partial charge in [-0.25, -0.2) is 9.97 Å². The van der Waals surface area contributed by atoms with Crippen LogP contribution in [0.4, 0.5) is 38.0 Å². The summed E-state index contributed by atoms with van der Waals surface area (Å²) >= 11 is 0. The highest BCUT2D eigenvalue weighted by molar-refractivity contribution is 5.87. The number of methoxy groups -OCH3 is 1. The predicted octanol–water partition coefficient (Wildman–Crippen LogP) is 6.52. The Morgan fingerprint density at radius 3 is 2.23 bits per heavy atom. The summed E-state index contributed by atoms with van der Waals surface area (Å²) in [6.07, 6.45) is -3.09. The van der Waals surface area contributed by atoms with Crippen LogP contribution < -0.4 is 14.5 Å². The number of ether oxygens (including phenoxy) is 1. The largest absolute Gasteiger partial charge is 0.496 e. The minimum atomic E-state index is -4.73. The molecule has 14 heteroatoms. The summed E-state index contributed by atoms with van der Waals surface area (Å²) in [6.45, 7) is 3.76. The van der Waals surface area contributed by atoms with Gasteiger partial charge in [0.25, 0.3) is 0 Å². The molecule has 0 amide bonds. The van der Waals surface area contributed by atoms with Crippen molar-refractivity contribution in [1.82, 2.24) is 9.97 Å². The minimum Gasteiger partial charge on any atom is -0.496 e. The van der Waals surface area contributed by atoms with E-state index in [1.807, 2.05) is 4.90 Å². The van der Waals surface area contributed by atoms with Crippen LogP contribution in [0.1, 0.15) is 75.2 Å². The molecule has 2 aliphatic rings. The zero-order valence-electron chi connectivity index (χ0n) is 24.6. The average molecular weight is 631 g/mol. The van der Waals surface area contributed by atoms with E-state index in [0.29, 0.717) is 56.8 Å². The first-order chi connectivity index (χ1) is 20.8. The Labute approximate surface area is 251 Å². The third-order valence-corrected chi connectivity index (χ3v) is 7.99. The van der Waals surface area contributed by atoms with E-state index >= 15 is 0 Å². The van der Waals surface area contributed by atoms with Gasteiger partial charge >= 0.3 is 18.5 Å². The molecule has 2 fully saturated rings. The number of halogens is 6. The molecule has 0 bridgehead atoms. The van der Waals surface area contributed by atoms with Gasteiger partial charge in [0, 0.05) is 32.1 Å². The van der Waals surface area contributed by atoms with E-state index in [-0.39, 0.29) is 35.7 Å². The van der Waals surface area contributed by atoms with Gasteiger partial charge in [0.15, 0.2) is 5.78 Å². The third kappa shape index (κ3) is 9.17. The monoisotopic (exact) mass is 630 g/mol. The SMILES string of the molecule is CCCC1CCN(c2cc(N3CCC[C@H]3C(=O)CCCc3ccc(C(F)(F)F)cc3OC)nc(C(F)(F)F)n2)CC1.O=C=O. The van der Waals surface area contributed by atoms with E-state index in [9.17, 15) is 31.1 Å². The van der Waals surface area contributed by atoms with E-state index in [0.717, 1.165) is 37.8 Å². The lowest BCUT2D eigenvalue weighted by molar-refractivity contribution is -0.191. The van der Waals surface area contributed by atoms with Crippen molar-refractivity contribution >= 4 is 23.6 Å². The number of nitrogens with zero attached hydrogens (tertiary/aromatic N) is 4. The van der Waals surface area contributed by atoms with Crippen LogP contribution in [0.15, 0.2) is 24.3 Å². The highest BCUT2D eigenvalue weighted by atomic mass is 19.4. The van der Waals surface area contributed by atoms with Crippen molar-refractivity contribution in [3.8, 4) is 5.75 Å². The van der Waals surface area contributed by atoms with Gasteiger partial charge in [-0.3, -0.25) is 4.79 Å². The maximum Gasteiger partial charge on any atom is 0.451 e. The summed E-state index contributed by atoms with van der Waals surface area (Å²) in [5.74, 6) is -0.372. The molecule has 0 spiro atoms. The predicted molar refractivity (Wildman–Crippen MR) is 148 cm³/mol. The number of benzene rings is 1. The van der Waals surface area contributed by atoms with E-state index in [4.69, 9.17) is 14.3 Å². The number of aryl methyl sites for hydroxylation is 1. The first-order valence-corrected chi connectivity index (χ1v) is 14.6. The van der Waals surface area contributed by atoms with Gasteiger partial charge in [-0.05, 0) is 62.1 Å². The van der Waals surface area contributed by atoms with Crippen LogP contribution in [0.2, 0.25) is 0 Å². The van der Waals surface area contributed by atoms with Crippen LogP contribution in [-0.4, -0.2) is 54.7 Å². The smallest absolute Gasteiger partial charge is 0.451 e. The number of carbonyl (C=O) groups excluding carboxylic acids is 3. The van der Waals surface area contributed by atoms with Gasteiger partial charge in [0.2, 0.25) is 5.82 Å². The zero-order chi connectivity index (χ0) is 32.5. The number of carbonyl (C=O) groups is 1. The first-order valence-electron chi connectivity index (χ1n) is 14.6. The van der Waals surface area contributed by atoms with Crippen molar-refractivity contribution in [2.45, 2.75) is 83.1 Å². The number of rotatable bonds is 10. The van der Waals surface area contributed by atoms with Crippen molar-refractivity contribution in [3.05, 3.63) is 41.2 Å². The molecule has 2 saturated heterocycles. The molecule has 3 heterocycles. The fraction of sp³-hybridized carbons (Fsp3) is 0.600. The Hall–Kier alpha value is -3.67. The molecule has 2 aromatic rings. The summed E-state index contributed by atoms with van der Waals surface area (Å²) < 4.78 is 85.6. The summed E-state index contributed by atoms with van der Waals surface area (Å²) in [4.78, 5) is 40.7. The molecule has 8 nitrogen and oxygen atoms in total. The van der Waals surface area contributed by atoms with E-state index in [2.05, 4.69) is 16.9 Å². The fourth-order valence-electron chi connectivity index (χ4n) is 5.84. The maximum absolute atomic E-state index is 13.8. The minimum absolute atomic E-state index is 0.0956. The topological polar surface area (TPSA) is 92.7 Å². The summed E-state index contributed by atoms with van der Waals surface area (Å²) in [5, 5.41) is 0. The quantitative estimate of drug-likeness (QED) is 0.274. The molecule has 0 saturated carbocycles. The third-order valence-electron chi connectivity index (χ3n) is 7.99. The Bertz CT molecular complexity index is 1290. The number of hydrogen-bond acceptors (Lipinski definition) is 8. The van der Waals surface area contributed by atoms with Crippen LogP contribution in [0.5, 0.6) is 5.75 Å². The highest BCUT2D eigenvalue weighted by Gasteiger charge is 2.39. The second kappa shape index (κ2) is 15.4. The Kier molecular flexibility index (Phi) is 12.2. The highest BCUT2D eigenvalue weighted by Crippen LogP contribution is 2.36. The van der Waals surface area contributed by atoms with Crippen LogP contribution in [0, 0.1) is 5.92 Å². The van der Waals surface area contributed by atoms with E-state index < -0.39 is 29.8 Å². The van der Waals surface area contributed by atoms with Crippen molar-refractivity contribution < 1.29 is 45.5 Å². The van der Waals surface area contributed by atoms with Crippen LogP contribution in [0.25, 0.3) is 0 Å². The molecule has 2 aliphatic heterocycles. The number of aromatic nitrogens is 2. The first kappa shape index (κ1) is 34.8. The Morgan fingerprint density at radius 1 is 0.977 bits per heavy atom. The summed E-state index contributed by atoms with van der Waals surface area (Å²) in [7, 11) is 1.29. The number of Topliss-reactive ketones (excluding diaryl/α,β-unsaturated/α-hetero) is 1. The van der Waals surface area contributed by atoms with Gasteiger partial charge in [-0.1, -0.05) is 25.8 Å². The van der Waals surface area contributed by atoms with Crippen LogP contribution >= 0.6 is 0 Å². The van der Waals surface area contributed by atoms with Crippen molar-refractivity contribution in [3.63, 3.8) is 0 Å². The molecule has 1 atom stereocenters. The molecule has 0 aliphatic carbocycles. The molecule has 1 aromatic carbocycles. The molecular weight excluding hydrogens is 594 g/mol. The molecule has 1 aromatic heterocycles. The number of piperidine rings is 1. The van der Waals surface area contributed by atoms with Gasteiger partial charge in [-0.15, -0.1) is 0 Å². The molecule has 4 rings (SSSR count). The lowest BCUT2D eigenvalue weighted by atomic mass is 9.92. The Morgan fingerprint density at radius 2 is 1.64 bits per heavy atom. The van der Waals surface area contributed by atoms with Gasteiger partial charge < -0.3 is 14.5 Å². The molecule has 0 unspecified atom stereocenters. The van der Waals surface area contributed by atoms with E-state index in [1.54, 1.807) is 11.0 Å². The van der Waals surface area contributed by atoms with Gasteiger partial charge in [-0.2, -0.15) is 35.9 Å². The Balaban J connectivity index is 0.00000169. The van der Waals surface area contributed by atoms with Crippen LogP contribution in [0.3, 0.4) is 0 Å². The van der Waals surface area contributed by atoms with Crippen molar-refractivity contribution in [2.24, 2.45) is 5.92 Å². The van der Waals surface area contributed by atoms with E-state index in [1.165, 1.54) is 13.2 Å². The van der Waals surface area contributed by atoms with Crippen molar-refractivity contribution in [1.29, 1.82) is 0 Å². The normalized spacial score (nSPS) is 17.6. The van der Waals surface area contributed by atoms with Gasteiger partial charge in [0.1, 0.15) is 17.4 Å². The lowest BCUT2D eigenvalue weighted by Crippen LogP contribution is -2.38. The number of ketones is 1. The fourth-order valence-corrected chi connectivity index (χ4v) is 5.84. The molecule has 0 N–H and O–H groups in total. The number of hydrogen-bond donors (Lipinski definition) is 0. The average Bonchev–Trinajstić information content (AvgIpc) is 3.47. The summed E-state index contributed by atoms with van der Waals surface area (Å²) in [6, 6.07) is 4.21. The van der Waals surface area contributed by atoms with Crippen LogP contribution in [-0.2, 0) is 33.2 Å². The maximum atomic E-state index is 13.8. The van der Waals surface area contributed by atoms with Crippen molar-refractivity contribution in [2.75, 3.05) is 36.5 Å². The second-order valence-corrected chi connectivity index (χ2v) is 10.9. The number of alkyl halides is 6. The molecular formula is C30H36F6N4O4. The molecule has 44 heavy (non-hydrogen) atoms. The lowest BCUT2D eigenvalue weighted by Gasteiger charge is -2.34.